The Balaban J connectivity index is 1.97. The van der Waals surface area contributed by atoms with Crippen LogP contribution in [0, 0.1) is 5.92 Å². The standard InChI is InChI=1S/C15H19NO5/c1-20-12-4-2-10(3-5-12)8-13(15(18)19)16-14(17)11-6-7-21-9-11/h2-5,11,13H,6-9H2,1H3,(H,16,17)(H,18,19)/t11-,13-/m1/s1. The Morgan fingerprint density at radius 2 is 2.14 bits per heavy atom. The molecule has 0 spiro atoms. The van der Waals surface area contributed by atoms with Gasteiger partial charge >= 0.3 is 5.97 Å². The Labute approximate surface area is 123 Å². The fourth-order valence-electron chi connectivity index (χ4n) is 2.23. The minimum absolute atomic E-state index is 0.235. The van der Waals surface area contributed by atoms with Crippen molar-refractivity contribution < 1.29 is 24.2 Å². The number of nitrogens with one attached hydrogen (secondary N) is 1. The van der Waals surface area contributed by atoms with E-state index in [4.69, 9.17) is 9.47 Å². The van der Waals surface area contributed by atoms with E-state index in [0.29, 0.717) is 25.4 Å². The Morgan fingerprint density at radius 3 is 2.67 bits per heavy atom. The van der Waals surface area contributed by atoms with Crippen LogP contribution in [0.25, 0.3) is 0 Å². The summed E-state index contributed by atoms with van der Waals surface area (Å²) >= 11 is 0. The number of methoxy groups -OCH3 is 1. The normalized spacial score (nSPS) is 19.0. The van der Waals surface area contributed by atoms with Crippen LogP contribution in [0.4, 0.5) is 0 Å². The molecule has 0 aliphatic carbocycles. The first-order chi connectivity index (χ1) is 10.1. The second-order valence-corrected chi connectivity index (χ2v) is 5.01. The molecule has 1 aromatic carbocycles. The third kappa shape index (κ3) is 4.19. The van der Waals surface area contributed by atoms with Crippen LogP contribution in [0.5, 0.6) is 5.75 Å². The van der Waals surface area contributed by atoms with Gasteiger partial charge in [0, 0.05) is 13.0 Å². The summed E-state index contributed by atoms with van der Waals surface area (Å²) in [5.74, 6) is -0.841. The molecule has 1 saturated heterocycles. The Morgan fingerprint density at radius 1 is 1.43 bits per heavy atom. The van der Waals surface area contributed by atoms with Gasteiger partial charge in [-0.1, -0.05) is 12.1 Å². The van der Waals surface area contributed by atoms with Crippen LogP contribution in [-0.2, 0) is 20.7 Å². The predicted octanol–water partition coefficient (Wildman–Crippen LogP) is 0.844. The van der Waals surface area contributed by atoms with Crippen LogP contribution < -0.4 is 10.1 Å². The molecule has 1 heterocycles. The van der Waals surface area contributed by atoms with Crippen molar-refractivity contribution in [1.29, 1.82) is 0 Å². The van der Waals surface area contributed by atoms with Gasteiger partial charge in [0.25, 0.3) is 0 Å². The van der Waals surface area contributed by atoms with Crippen LogP contribution in [0.1, 0.15) is 12.0 Å². The van der Waals surface area contributed by atoms with E-state index in [0.717, 1.165) is 5.56 Å². The molecule has 6 heteroatoms. The third-order valence-electron chi connectivity index (χ3n) is 3.51. The molecule has 114 valence electrons. The molecule has 0 aromatic heterocycles. The predicted molar refractivity (Wildman–Crippen MR) is 75.2 cm³/mol. The lowest BCUT2D eigenvalue weighted by atomic mass is 10.0. The first-order valence-corrected chi connectivity index (χ1v) is 6.84. The number of aliphatic carboxylic acids is 1. The van der Waals surface area contributed by atoms with Gasteiger partial charge in [0.15, 0.2) is 0 Å². The average molecular weight is 293 g/mol. The van der Waals surface area contributed by atoms with Gasteiger partial charge in [-0.2, -0.15) is 0 Å². The van der Waals surface area contributed by atoms with Gasteiger partial charge in [0.05, 0.1) is 19.6 Å². The molecule has 1 amide bonds. The smallest absolute Gasteiger partial charge is 0.326 e. The molecule has 1 fully saturated rings. The van der Waals surface area contributed by atoms with Gasteiger partial charge < -0.3 is 19.9 Å². The Bertz CT molecular complexity index is 493. The van der Waals surface area contributed by atoms with Crippen molar-refractivity contribution in [2.45, 2.75) is 18.9 Å². The topological polar surface area (TPSA) is 84.9 Å². The van der Waals surface area contributed by atoms with Gasteiger partial charge in [-0.05, 0) is 24.1 Å². The van der Waals surface area contributed by atoms with Crippen molar-refractivity contribution in [1.82, 2.24) is 5.32 Å². The fraction of sp³-hybridized carbons (Fsp3) is 0.467. The highest BCUT2D eigenvalue weighted by molar-refractivity contribution is 5.85. The Hall–Kier alpha value is -2.08. The molecular formula is C15H19NO5. The summed E-state index contributed by atoms with van der Waals surface area (Å²) in [6.45, 7) is 0.912. The number of amides is 1. The fourth-order valence-corrected chi connectivity index (χ4v) is 2.23. The van der Waals surface area contributed by atoms with Gasteiger partial charge in [-0.25, -0.2) is 4.79 Å². The summed E-state index contributed by atoms with van der Waals surface area (Å²) in [5, 5.41) is 11.8. The summed E-state index contributed by atoms with van der Waals surface area (Å²) in [6.07, 6.45) is 0.874. The van der Waals surface area contributed by atoms with Crippen LogP contribution in [0.15, 0.2) is 24.3 Å². The number of carboxylic acid groups (broad SMARTS) is 1. The number of hydrogen-bond donors (Lipinski definition) is 2. The lowest BCUT2D eigenvalue weighted by Gasteiger charge is -2.17. The first kappa shape index (κ1) is 15.3. The number of carboxylic acids is 1. The minimum atomic E-state index is -1.04. The lowest BCUT2D eigenvalue weighted by molar-refractivity contribution is -0.142. The quantitative estimate of drug-likeness (QED) is 0.812. The molecule has 2 rings (SSSR count). The first-order valence-electron chi connectivity index (χ1n) is 6.84. The van der Waals surface area contributed by atoms with Crippen LogP contribution >= 0.6 is 0 Å². The molecule has 21 heavy (non-hydrogen) atoms. The van der Waals surface area contributed by atoms with E-state index < -0.39 is 12.0 Å². The van der Waals surface area contributed by atoms with Crippen molar-refractivity contribution in [3.05, 3.63) is 29.8 Å². The van der Waals surface area contributed by atoms with Gasteiger partial charge in [0.2, 0.25) is 5.91 Å². The van der Waals surface area contributed by atoms with Crippen LogP contribution in [0.2, 0.25) is 0 Å². The van der Waals surface area contributed by atoms with E-state index in [1.54, 1.807) is 31.4 Å². The summed E-state index contributed by atoms with van der Waals surface area (Å²) in [5.41, 5.74) is 0.825. The molecule has 1 aliphatic heterocycles. The molecule has 0 bridgehead atoms. The zero-order chi connectivity index (χ0) is 15.2. The third-order valence-corrected chi connectivity index (χ3v) is 3.51. The van der Waals surface area contributed by atoms with Crippen LogP contribution in [-0.4, -0.2) is 43.3 Å². The van der Waals surface area contributed by atoms with E-state index in [1.165, 1.54) is 0 Å². The van der Waals surface area contributed by atoms with Gasteiger partial charge in [-0.15, -0.1) is 0 Å². The van der Waals surface area contributed by atoms with Crippen molar-refractivity contribution in [3.63, 3.8) is 0 Å². The monoisotopic (exact) mass is 293 g/mol. The zero-order valence-electron chi connectivity index (χ0n) is 11.9. The highest BCUT2D eigenvalue weighted by Crippen LogP contribution is 2.15. The van der Waals surface area contributed by atoms with Gasteiger partial charge in [-0.3, -0.25) is 4.79 Å². The van der Waals surface area contributed by atoms with Crippen molar-refractivity contribution in [2.75, 3.05) is 20.3 Å². The maximum atomic E-state index is 12.0. The second-order valence-electron chi connectivity index (χ2n) is 5.01. The van der Waals surface area contributed by atoms with E-state index in [-0.39, 0.29) is 18.2 Å². The van der Waals surface area contributed by atoms with Crippen LogP contribution in [0.3, 0.4) is 0 Å². The van der Waals surface area contributed by atoms with Gasteiger partial charge in [0.1, 0.15) is 11.8 Å². The van der Waals surface area contributed by atoms with Crippen molar-refractivity contribution in [3.8, 4) is 5.75 Å². The molecule has 2 N–H and O–H groups in total. The number of carbonyl (C=O) groups is 2. The number of benzene rings is 1. The largest absolute Gasteiger partial charge is 0.497 e. The van der Waals surface area contributed by atoms with E-state index >= 15 is 0 Å². The minimum Gasteiger partial charge on any atom is -0.497 e. The highest BCUT2D eigenvalue weighted by atomic mass is 16.5. The molecule has 2 atom stereocenters. The number of ether oxygens (including phenoxy) is 2. The van der Waals surface area contributed by atoms with E-state index in [1.807, 2.05) is 0 Å². The molecule has 6 nitrogen and oxygen atoms in total. The zero-order valence-corrected chi connectivity index (χ0v) is 11.9. The number of hydrogen-bond acceptors (Lipinski definition) is 4. The molecule has 0 radical (unpaired) electrons. The summed E-state index contributed by atoms with van der Waals surface area (Å²) < 4.78 is 10.2. The second kappa shape index (κ2) is 7.08. The van der Waals surface area contributed by atoms with E-state index in [2.05, 4.69) is 5.32 Å². The average Bonchev–Trinajstić information content (AvgIpc) is 3.01. The van der Waals surface area contributed by atoms with Crippen molar-refractivity contribution in [2.24, 2.45) is 5.92 Å². The van der Waals surface area contributed by atoms with E-state index in [9.17, 15) is 14.7 Å². The number of rotatable bonds is 6. The maximum absolute atomic E-state index is 12.0. The molecular weight excluding hydrogens is 274 g/mol. The SMILES string of the molecule is COc1ccc(C[C@@H](NC(=O)[C@@H]2CCOC2)C(=O)O)cc1. The molecule has 1 aliphatic rings. The molecule has 1 aromatic rings. The Kier molecular flexibility index (Phi) is 5.16. The highest BCUT2D eigenvalue weighted by Gasteiger charge is 2.28. The summed E-state index contributed by atoms with van der Waals surface area (Å²) in [4.78, 5) is 23.3. The maximum Gasteiger partial charge on any atom is 0.326 e. The lowest BCUT2D eigenvalue weighted by Crippen LogP contribution is -2.45. The number of carbonyl (C=O) groups excluding carboxylic acids is 1. The molecule has 0 saturated carbocycles. The molecule has 0 unspecified atom stereocenters. The van der Waals surface area contributed by atoms with Crippen molar-refractivity contribution >= 4 is 11.9 Å². The summed E-state index contributed by atoms with van der Waals surface area (Å²) in [7, 11) is 1.57. The summed E-state index contributed by atoms with van der Waals surface area (Å²) in [6, 6.07) is 6.17.